The molecule has 1 aliphatic rings. The first kappa shape index (κ1) is 5.63. The summed E-state index contributed by atoms with van der Waals surface area (Å²) in [5, 5.41) is 0. The molecular weight excluding hydrogens is 118 g/mol. The molecule has 0 saturated heterocycles. The summed E-state index contributed by atoms with van der Waals surface area (Å²) in [5.41, 5.74) is 1.02. The highest BCUT2D eigenvalue weighted by Crippen LogP contribution is 1.99. The first-order valence-electron chi connectivity index (χ1n) is 2.54. The number of rotatable bonds is 0. The number of hydrogen-bond donors (Lipinski definition) is 0. The van der Waals surface area contributed by atoms with Gasteiger partial charge in [-0.1, -0.05) is 18.3 Å². The number of nitrogens with zero attached hydrogens (tertiary/aromatic N) is 1. The fourth-order valence-electron chi connectivity index (χ4n) is 0.610. The van der Waals surface area contributed by atoms with Gasteiger partial charge in [0.1, 0.15) is 4.99 Å². The third-order valence-corrected chi connectivity index (χ3v) is 1.21. The third kappa shape index (κ3) is 1.23. The van der Waals surface area contributed by atoms with Crippen LogP contribution in [0.1, 0.15) is 13.3 Å². The van der Waals surface area contributed by atoms with Crippen LogP contribution in [0.5, 0.6) is 0 Å². The molecule has 42 valence electrons. The quantitative estimate of drug-likeness (QED) is 0.449. The van der Waals surface area contributed by atoms with Gasteiger partial charge in [-0.15, -0.1) is 0 Å². The molecule has 1 nitrogen and oxygen atoms in total. The molecule has 1 heterocycles. The Hall–Kier alpha value is -0.500. The highest BCUT2D eigenvalue weighted by Gasteiger charge is 1.95. The molecule has 8 heavy (non-hydrogen) atoms. The van der Waals surface area contributed by atoms with Crippen molar-refractivity contribution < 1.29 is 0 Å². The predicted molar refractivity (Wildman–Crippen MR) is 39.5 cm³/mol. The molecule has 0 saturated carbocycles. The molecule has 0 atom stereocenters. The highest BCUT2D eigenvalue weighted by atomic mass is 32.1. The van der Waals surface area contributed by atoms with Gasteiger partial charge in [0.05, 0.1) is 0 Å². The summed E-state index contributed by atoms with van der Waals surface area (Å²) in [7, 11) is 0. The lowest BCUT2D eigenvalue weighted by Crippen LogP contribution is -1.98. The van der Waals surface area contributed by atoms with Crippen LogP contribution in [0, 0.1) is 0 Å². The minimum absolute atomic E-state index is 0.796. The Balaban J connectivity index is 2.77. The second kappa shape index (κ2) is 2.18. The lowest BCUT2D eigenvalue weighted by Gasteiger charge is -1.98. The molecule has 1 aliphatic heterocycles. The number of dihydropyridines is 1. The van der Waals surface area contributed by atoms with Crippen molar-refractivity contribution in [2.75, 3.05) is 0 Å². The van der Waals surface area contributed by atoms with Crippen molar-refractivity contribution in [3.63, 3.8) is 0 Å². The summed E-state index contributed by atoms with van der Waals surface area (Å²) >= 11 is 4.84. The van der Waals surface area contributed by atoms with Gasteiger partial charge in [0.15, 0.2) is 0 Å². The Morgan fingerprint density at radius 2 is 2.50 bits per heavy atom. The average molecular weight is 125 g/mol. The van der Waals surface area contributed by atoms with Crippen LogP contribution in [-0.2, 0) is 0 Å². The summed E-state index contributed by atoms with van der Waals surface area (Å²) in [6.07, 6.45) is 4.85. The van der Waals surface area contributed by atoms with Crippen molar-refractivity contribution in [3.8, 4) is 0 Å². The van der Waals surface area contributed by atoms with Gasteiger partial charge < -0.3 is 0 Å². The summed E-state index contributed by atoms with van der Waals surface area (Å²) < 4.78 is 0. The van der Waals surface area contributed by atoms with Gasteiger partial charge in [0.25, 0.3) is 0 Å². The molecule has 0 bridgehead atoms. The second-order valence-corrected chi connectivity index (χ2v) is 2.22. The molecular formula is C6H7NS. The average Bonchev–Trinajstić information content (AvgIpc) is 1.64. The van der Waals surface area contributed by atoms with Crippen molar-refractivity contribution in [1.29, 1.82) is 0 Å². The van der Waals surface area contributed by atoms with Crippen LogP contribution in [0.2, 0.25) is 0 Å². The fourth-order valence-corrected chi connectivity index (χ4v) is 0.850. The van der Waals surface area contributed by atoms with Gasteiger partial charge in [-0.25, -0.2) is 4.99 Å². The maximum Gasteiger partial charge on any atom is 0.107 e. The molecule has 2 heteroatoms. The molecule has 1 rings (SSSR count). The Labute approximate surface area is 54.1 Å². The van der Waals surface area contributed by atoms with Gasteiger partial charge in [0, 0.05) is 12.1 Å². The zero-order chi connectivity index (χ0) is 5.98. The van der Waals surface area contributed by atoms with E-state index in [0.717, 1.165) is 17.1 Å². The lowest BCUT2D eigenvalue weighted by molar-refractivity contribution is 1.42. The maximum atomic E-state index is 4.84. The van der Waals surface area contributed by atoms with E-state index in [0.29, 0.717) is 0 Å². The number of aliphatic imine (C=N–C) groups is 1. The standard InChI is InChI=1S/C6H7NS/c1-5-3-2-4-6(8)7-5/h2-3H,4H2,1H3. The van der Waals surface area contributed by atoms with Crippen molar-refractivity contribution in [3.05, 3.63) is 12.2 Å². The van der Waals surface area contributed by atoms with E-state index >= 15 is 0 Å². The van der Waals surface area contributed by atoms with Crippen LogP contribution in [0.15, 0.2) is 17.1 Å². The number of thiocarbonyl (C=S) groups is 1. The Morgan fingerprint density at radius 3 is 2.88 bits per heavy atom. The van der Waals surface area contributed by atoms with E-state index in [1.54, 1.807) is 0 Å². The van der Waals surface area contributed by atoms with Crippen molar-refractivity contribution >= 4 is 22.9 Å². The molecule has 0 aromatic heterocycles. The summed E-state index contributed by atoms with van der Waals surface area (Å²) in [6, 6.07) is 0. The largest absolute Gasteiger partial charge is 0.246 e. The van der Waals surface area contributed by atoms with Gasteiger partial charge in [-0.2, -0.15) is 0 Å². The zero-order valence-electron chi connectivity index (χ0n) is 4.72. The highest BCUT2D eigenvalue weighted by molar-refractivity contribution is 7.80. The normalized spacial score (nSPS) is 18.6. The molecule has 0 unspecified atom stereocenters. The minimum atomic E-state index is 0.796. The molecule has 0 aromatic rings. The molecule has 0 aliphatic carbocycles. The predicted octanol–water partition coefficient (Wildman–Crippen LogP) is 1.73. The zero-order valence-corrected chi connectivity index (χ0v) is 5.53. The van der Waals surface area contributed by atoms with Crippen molar-refractivity contribution in [2.24, 2.45) is 4.99 Å². The van der Waals surface area contributed by atoms with Crippen molar-refractivity contribution in [1.82, 2.24) is 0 Å². The molecule has 0 amide bonds. The second-order valence-electron chi connectivity index (χ2n) is 1.75. The molecule has 0 N–H and O–H groups in total. The summed E-state index contributed by atoms with van der Waals surface area (Å²) in [4.78, 5) is 4.84. The van der Waals surface area contributed by atoms with E-state index < -0.39 is 0 Å². The molecule has 0 spiro atoms. The third-order valence-electron chi connectivity index (χ3n) is 0.953. The smallest absolute Gasteiger partial charge is 0.107 e. The molecule has 0 aromatic carbocycles. The van der Waals surface area contributed by atoms with E-state index in [9.17, 15) is 0 Å². The number of hydrogen-bond acceptors (Lipinski definition) is 1. The SMILES string of the molecule is CC1=NC(=S)CC=C1. The van der Waals surface area contributed by atoms with E-state index in [4.69, 9.17) is 12.2 Å². The van der Waals surface area contributed by atoms with Crippen molar-refractivity contribution in [2.45, 2.75) is 13.3 Å². The van der Waals surface area contributed by atoms with Crippen LogP contribution in [-0.4, -0.2) is 10.7 Å². The minimum Gasteiger partial charge on any atom is -0.246 e. The summed E-state index contributed by atoms with van der Waals surface area (Å²) in [6.45, 7) is 1.95. The number of allylic oxidation sites excluding steroid dienone is 1. The Kier molecular flexibility index (Phi) is 1.53. The van der Waals surface area contributed by atoms with E-state index in [2.05, 4.69) is 4.99 Å². The van der Waals surface area contributed by atoms with Crippen LogP contribution in [0.3, 0.4) is 0 Å². The molecule has 0 fully saturated rings. The topological polar surface area (TPSA) is 12.4 Å². The Morgan fingerprint density at radius 1 is 1.75 bits per heavy atom. The van der Waals surface area contributed by atoms with Crippen LogP contribution < -0.4 is 0 Å². The van der Waals surface area contributed by atoms with Gasteiger partial charge in [-0.3, -0.25) is 0 Å². The fraction of sp³-hybridized carbons (Fsp3) is 0.333. The van der Waals surface area contributed by atoms with Gasteiger partial charge >= 0.3 is 0 Å². The van der Waals surface area contributed by atoms with Gasteiger partial charge in [-0.05, 0) is 13.0 Å². The van der Waals surface area contributed by atoms with E-state index in [-0.39, 0.29) is 0 Å². The van der Waals surface area contributed by atoms with Crippen LogP contribution >= 0.6 is 12.2 Å². The first-order valence-corrected chi connectivity index (χ1v) is 2.94. The van der Waals surface area contributed by atoms with Crippen LogP contribution in [0.25, 0.3) is 0 Å². The Bertz CT molecular complexity index is 167. The molecule has 0 radical (unpaired) electrons. The first-order chi connectivity index (χ1) is 3.79. The summed E-state index contributed by atoms with van der Waals surface area (Å²) in [5.74, 6) is 0. The lowest BCUT2D eigenvalue weighted by atomic mass is 10.2. The van der Waals surface area contributed by atoms with E-state index in [1.165, 1.54) is 0 Å². The monoisotopic (exact) mass is 125 g/mol. The van der Waals surface area contributed by atoms with Crippen LogP contribution in [0.4, 0.5) is 0 Å². The maximum absolute atomic E-state index is 4.84. The van der Waals surface area contributed by atoms with E-state index in [1.807, 2.05) is 19.1 Å². The van der Waals surface area contributed by atoms with Gasteiger partial charge in [0.2, 0.25) is 0 Å².